The second-order valence-electron chi connectivity index (χ2n) is 4.85. The highest BCUT2D eigenvalue weighted by Gasteiger charge is 2.05. The van der Waals surface area contributed by atoms with Gasteiger partial charge in [-0.15, -0.1) is 0 Å². The number of hydrogen-bond donors (Lipinski definition) is 0. The van der Waals surface area contributed by atoms with E-state index in [2.05, 4.69) is 37.0 Å². The van der Waals surface area contributed by atoms with Gasteiger partial charge in [-0.3, -0.25) is 4.99 Å². The lowest BCUT2D eigenvalue weighted by molar-refractivity contribution is 0.330. The Kier molecular flexibility index (Phi) is 6.07. The highest BCUT2D eigenvalue weighted by molar-refractivity contribution is 5.96. The molecule has 19 heavy (non-hydrogen) atoms. The summed E-state index contributed by atoms with van der Waals surface area (Å²) < 4.78 is 5.91. The molecule has 1 aromatic carbocycles. The first kappa shape index (κ1) is 15.2. The number of ether oxygens (including phenoxy) is 1. The largest absolute Gasteiger partial charge is 0.460 e. The van der Waals surface area contributed by atoms with Gasteiger partial charge in [0.1, 0.15) is 11.5 Å². The first-order chi connectivity index (χ1) is 9.02. The van der Waals surface area contributed by atoms with Gasteiger partial charge in [0.05, 0.1) is 5.71 Å². The van der Waals surface area contributed by atoms with E-state index in [0.717, 1.165) is 22.8 Å². The summed E-state index contributed by atoms with van der Waals surface area (Å²) in [5.74, 6) is 2.12. The number of allylic oxidation sites excluding steroid dienone is 3. The number of aliphatic imine (C=N–C) groups is 1. The van der Waals surface area contributed by atoms with Crippen LogP contribution in [-0.2, 0) is 4.74 Å². The minimum Gasteiger partial charge on any atom is -0.460 e. The van der Waals surface area contributed by atoms with Gasteiger partial charge in [0.25, 0.3) is 0 Å². The van der Waals surface area contributed by atoms with Crippen molar-refractivity contribution in [1.82, 2.24) is 0 Å². The third-order valence-electron chi connectivity index (χ3n) is 2.62. The molecule has 0 N–H and O–H groups in total. The van der Waals surface area contributed by atoms with Gasteiger partial charge in [-0.25, -0.2) is 0 Å². The Hall–Kier alpha value is -1.83. The Morgan fingerprint density at radius 1 is 1.16 bits per heavy atom. The lowest BCUT2D eigenvalue weighted by Gasteiger charge is -2.11. The molecule has 1 rings (SSSR count). The molecule has 0 unspecified atom stereocenters. The molecule has 0 aliphatic carbocycles. The molecule has 0 saturated heterocycles. The maximum atomic E-state index is 5.91. The van der Waals surface area contributed by atoms with Crippen molar-refractivity contribution in [1.29, 1.82) is 0 Å². The number of nitrogens with zero attached hydrogens (tertiary/aromatic N) is 1. The van der Waals surface area contributed by atoms with E-state index >= 15 is 0 Å². The van der Waals surface area contributed by atoms with Crippen LogP contribution in [0.15, 0.2) is 52.9 Å². The number of rotatable bonds is 5. The van der Waals surface area contributed by atoms with Crippen molar-refractivity contribution >= 4 is 11.8 Å². The molecule has 1 aromatic rings. The highest BCUT2D eigenvalue weighted by Crippen LogP contribution is 2.14. The van der Waals surface area contributed by atoms with Gasteiger partial charge in [-0.05, 0) is 37.5 Å². The molecule has 0 heterocycles. The van der Waals surface area contributed by atoms with E-state index < -0.39 is 0 Å². The summed E-state index contributed by atoms with van der Waals surface area (Å²) in [7, 11) is 1.78. The SMILES string of the molecule is C/N=C(C)\C(=C\C(C)C)O/C(C)=C\c1ccccc1. The van der Waals surface area contributed by atoms with E-state index in [-0.39, 0.29) is 0 Å². The van der Waals surface area contributed by atoms with Crippen molar-refractivity contribution in [3.05, 3.63) is 53.5 Å². The topological polar surface area (TPSA) is 21.6 Å². The van der Waals surface area contributed by atoms with Gasteiger partial charge in [-0.1, -0.05) is 44.2 Å². The minimum absolute atomic E-state index is 0.427. The molecule has 2 nitrogen and oxygen atoms in total. The summed E-state index contributed by atoms with van der Waals surface area (Å²) in [4.78, 5) is 4.20. The second-order valence-corrected chi connectivity index (χ2v) is 4.85. The summed E-state index contributed by atoms with van der Waals surface area (Å²) in [6, 6.07) is 10.1. The normalized spacial score (nSPS) is 13.9. The van der Waals surface area contributed by atoms with Crippen LogP contribution in [-0.4, -0.2) is 12.8 Å². The Labute approximate surface area is 116 Å². The molecule has 0 saturated carbocycles. The van der Waals surface area contributed by atoms with Crippen molar-refractivity contribution < 1.29 is 4.74 Å². The molecule has 0 amide bonds. The Bertz CT molecular complexity index is 481. The van der Waals surface area contributed by atoms with Crippen molar-refractivity contribution in [3.8, 4) is 0 Å². The lowest BCUT2D eigenvalue weighted by Crippen LogP contribution is -2.03. The van der Waals surface area contributed by atoms with Crippen molar-refractivity contribution in [2.24, 2.45) is 10.9 Å². The third-order valence-corrected chi connectivity index (χ3v) is 2.62. The zero-order valence-electron chi connectivity index (χ0n) is 12.5. The fourth-order valence-corrected chi connectivity index (χ4v) is 1.63. The van der Waals surface area contributed by atoms with Gasteiger partial charge in [0, 0.05) is 7.05 Å². The van der Waals surface area contributed by atoms with Crippen LogP contribution in [0.5, 0.6) is 0 Å². The van der Waals surface area contributed by atoms with Crippen LogP contribution in [0.3, 0.4) is 0 Å². The molecule has 0 aromatic heterocycles. The third kappa shape index (κ3) is 5.56. The molecule has 0 radical (unpaired) electrons. The van der Waals surface area contributed by atoms with Crippen LogP contribution in [0.25, 0.3) is 6.08 Å². The first-order valence-corrected chi connectivity index (χ1v) is 6.59. The molecule has 0 aliphatic rings. The summed E-state index contributed by atoms with van der Waals surface area (Å²) in [5, 5.41) is 0. The monoisotopic (exact) mass is 257 g/mol. The van der Waals surface area contributed by atoms with Crippen molar-refractivity contribution in [2.75, 3.05) is 7.05 Å². The van der Waals surface area contributed by atoms with E-state index in [4.69, 9.17) is 4.74 Å². The molecule has 0 atom stereocenters. The van der Waals surface area contributed by atoms with Crippen molar-refractivity contribution in [3.63, 3.8) is 0 Å². The average Bonchev–Trinajstić information content (AvgIpc) is 2.37. The van der Waals surface area contributed by atoms with E-state index in [1.807, 2.05) is 38.1 Å². The Morgan fingerprint density at radius 3 is 2.32 bits per heavy atom. The van der Waals surface area contributed by atoms with E-state index in [0.29, 0.717) is 5.92 Å². The molecule has 2 heteroatoms. The summed E-state index contributed by atoms with van der Waals surface area (Å²) >= 11 is 0. The minimum atomic E-state index is 0.427. The van der Waals surface area contributed by atoms with Crippen LogP contribution >= 0.6 is 0 Å². The van der Waals surface area contributed by atoms with Crippen LogP contribution in [0.1, 0.15) is 33.3 Å². The maximum absolute atomic E-state index is 5.91. The van der Waals surface area contributed by atoms with Gasteiger partial charge in [0.15, 0.2) is 0 Å². The van der Waals surface area contributed by atoms with Crippen LogP contribution in [0.4, 0.5) is 0 Å². The van der Waals surface area contributed by atoms with Crippen LogP contribution in [0.2, 0.25) is 0 Å². The molecular formula is C17H23NO. The molecule has 102 valence electrons. The fourth-order valence-electron chi connectivity index (χ4n) is 1.63. The predicted molar refractivity (Wildman–Crippen MR) is 83.1 cm³/mol. The standard InChI is InChI=1S/C17H23NO/c1-13(2)11-17(15(4)18-5)19-14(3)12-16-9-7-6-8-10-16/h6-13H,1-5H3/b14-12-,17-11-,18-15-. The molecule has 0 spiro atoms. The zero-order valence-corrected chi connectivity index (χ0v) is 12.5. The number of hydrogen-bond acceptors (Lipinski definition) is 2. The smallest absolute Gasteiger partial charge is 0.143 e. The zero-order chi connectivity index (χ0) is 14.3. The molecular weight excluding hydrogens is 234 g/mol. The van der Waals surface area contributed by atoms with E-state index in [1.165, 1.54) is 0 Å². The lowest BCUT2D eigenvalue weighted by atomic mass is 10.1. The van der Waals surface area contributed by atoms with E-state index in [9.17, 15) is 0 Å². The Morgan fingerprint density at radius 2 is 1.79 bits per heavy atom. The van der Waals surface area contributed by atoms with Crippen molar-refractivity contribution in [2.45, 2.75) is 27.7 Å². The first-order valence-electron chi connectivity index (χ1n) is 6.59. The quantitative estimate of drug-likeness (QED) is 0.553. The second kappa shape index (κ2) is 7.57. The average molecular weight is 257 g/mol. The van der Waals surface area contributed by atoms with Gasteiger partial charge in [-0.2, -0.15) is 0 Å². The maximum Gasteiger partial charge on any atom is 0.143 e. The van der Waals surface area contributed by atoms with Gasteiger partial charge >= 0.3 is 0 Å². The summed E-state index contributed by atoms with van der Waals surface area (Å²) in [5.41, 5.74) is 2.05. The van der Waals surface area contributed by atoms with E-state index in [1.54, 1.807) is 7.05 Å². The molecule has 0 bridgehead atoms. The molecule has 0 fully saturated rings. The highest BCUT2D eigenvalue weighted by atomic mass is 16.5. The summed E-state index contributed by atoms with van der Waals surface area (Å²) in [6.45, 7) is 8.18. The number of benzene rings is 1. The van der Waals surface area contributed by atoms with Gasteiger partial charge in [0.2, 0.25) is 0 Å². The Balaban J connectivity index is 2.89. The van der Waals surface area contributed by atoms with Crippen LogP contribution in [0, 0.1) is 5.92 Å². The fraction of sp³-hybridized carbons (Fsp3) is 0.353. The molecule has 0 aliphatic heterocycles. The summed E-state index contributed by atoms with van der Waals surface area (Å²) in [6.07, 6.45) is 4.11. The predicted octanol–water partition coefficient (Wildman–Crippen LogP) is 4.69. The van der Waals surface area contributed by atoms with Crippen LogP contribution < -0.4 is 0 Å². The van der Waals surface area contributed by atoms with Gasteiger partial charge < -0.3 is 4.74 Å².